The standard InChI is InChI=1S/C23H30N2O2S/c1-3-21(23(27)24-4-2)25(17-19-11-7-5-8-12-19)22(26)15-16-28-18-20-13-9-6-10-14-20/h5-14,21H,3-4,15-18H2,1-2H3,(H,24,27)/t21-/m1/s1. The van der Waals surface area contributed by atoms with E-state index < -0.39 is 6.04 Å². The van der Waals surface area contributed by atoms with Crippen molar-refractivity contribution in [2.75, 3.05) is 12.3 Å². The fourth-order valence-electron chi connectivity index (χ4n) is 3.06. The van der Waals surface area contributed by atoms with Crippen LogP contribution in [0.3, 0.4) is 0 Å². The molecule has 0 aromatic heterocycles. The van der Waals surface area contributed by atoms with Crippen molar-refractivity contribution in [2.45, 2.75) is 45.0 Å². The number of hydrogen-bond acceptors (Lipinski definition) is 3. The molecular weight excluding hydrogens is 368 g/mol. The van der Waals surface area contributed by atoms with Crippen LogP contribution in [0.15, 0.2) is 60.7 Å². The van der Waals surface area contributed by atoms with Crippen LogP contribution in [0.1, 0.15) is 37.8 Å². The van der Waals surface area contributed by atoms with Gasteiger partial charge in [0, 0.05) is 31.0 Å². The van der Waals surface area contributed by atoms with Gasteiger partial charge in [-0.15, -0.1) is 0 Å². The average Bonchev–Trinajstić information content (AvgIpc) is 2.72. The maximum Gasteiger partial charge on any atom is 0.242 e. The predicted molar refractivity (Wildman–Crippen MR) is 117 cm³/mol. The number of thioether (sulfide) groups is 1. The highest BCUT2D eigenvalue weighted by Gasteiger charge is 2.27. The van der Waals surface area contributed by atoms with Crippen LogP contribution in [-0.4, -0.2) is 35.1 Å². The van der Waals surface area contributed by atoms with E-state index in [1.807, 2.05) is 62.4 Å². The minimum Gasteiger partial charge on any atom is -0.355 e. The Bertz CT molecular complexity index is 722. The van der Waals surface area contributed by atoms with Gasteiger partial charge in [-0.3, -0.25) is 9.59 Å². The van der Waals surface area contributed by atoms with Crippen molar-refractivity contribution in [1.29, 1.82) is 0 Å². The zero-order valence-corrected chi connectivity index (χ0v) is 17.6. The van der Waals surface area contributed by atoms with Crippen molar-refractivity contribution in [3.8, 4) is 0 Å². The fraction of sp³-hybridized carbons (Fsp3) is 0.391. The van der Waals surface area contributed by atoms with Crippen LogP contribution in [0.2, 0.25) is 0 Å². The summed E-state index contributed by atoms with van der Waals surface area (Å²) >= 11 is 1.75. The van der Waals surface area contributed by atoms with Gasteiger partial charge in [-0.1, -0.05) is 67.6 Å². The number of nitrogens with one attached hydrogen (secondary N) is 1. The average molecular weight is 399 g/mol. The first kappa shape index (κ1) is 22.0. The number of amides is 2. The summed E-state index contributed by atoms with van der Waals surface area (Å²) < 4.78 is 0. The first-order valence-corrected chi connectivity index (χ1v) is 11.0. The van der Waals surface area contributed by atoms with Gasteiger partial charge in [0.05, 0.1) is 0 Å². The van der Waals surface area contributed by atoms with Crippen LogP contribution < -0.4 is 5.32 Å². The van der Waals surface area contributed by atoms with Gasteiger partial charge in [0.15, 0.2) is 0 Å². The van der Waals surface area contributed by atoms with Crippen molar-refractivity contribution in [3.63, 3.8) is 0 Å². The van der Waals surface area contributed by atoms with E-state index in [0.717, 1.165) is 17.1 Å². The Morgan fingerprint density at radius 3 is 2.14 bits per heavy atom. The molecule has 0 aliphatic carbocycles. The molecule has 2 amide bonds. The summed E-state index contributed by atoms with van der Waals surface area (Å²) in [4.78, 5) is 27.3. The number of benzene rings is 2. The Hall–Kier alpha value is -2.27. The Kier molecular flexibility index (Phi) is 9.63. The summed E-state index contributed by atoms with van der Waals surface area (Å²) in [5.74, 6) is 1.58. The van der Waals surface area contributed by atoms with E-state index in [4.69, 9.17) is 0 Å². The van der Waals surface area contributed by atoms with E-state index in [1.165, 1.54) is 5.56 Å². The number of carbonyl (C=O) groups excluding carboxylic acids is 2. The monoisotopic (exact) mass is 398 g/mol. The molecule has 150 valence electrons. The van der Waals surface area contributed by atoms with E-state index in [2.05, 4.69) is 17.4 Å². The van der Waals surface area contributed by atoms with Gasteiger partial charge in [-0.05, 0) is 24.5 Å². The quantitative estimate of drug-likeness (QED) is 0.576. The number of hydrogen-bond donors (Lipinski definition) is 1. The van der Waals surface area contributed by atoms with Crippen LogP contribution in [0.25, 0.3) is 0 Å². The van der Waals surface area contributed by atoms with E-state index in [1.54, 1.807) is 16.7 Å². The molecule has 0 radical (unpaired) electrons. The third kappa shape index (κ3) is 7.04. The van der Waals surface area contributed by atoms with Gasteiger partial charge in [0.2, 0.25) is 11.8 Å². The first-order chi connectivity index (χ1) is 13.7. The van der Waals surface area contributed by atoms with E-state index in [9.17, 15) is 9.59 Å². The van der Waals surface area contributed by atoms with E-state index in [-0.39, 0.29) is 11.8 Å². The van der Waals surface area contributed by atoms with Gasteiger partial charge in [0.1, 0.15) is 6.04 Å². The van der Waals surface area contributed by atoms with Gasteiger partial charge in [-0.2, -0.15) is 11.8 Å². The normalized spacial score (nSPS) is 11.6. The lowest BCUT2D eigenvalue weighted by Crippen LogP contribution is -2.49. The zero-order valence-electron chi connectivity index (χ0n) is 16.8. The van der Waals surface area contributed by atoms with Crippen molar-refractivity contribution < 1.29 is 9.59 Å². The molecule has 0 aliphatic rings. The molecule has 28 heavy (non-hydrogen) atoms. The molecule has 0 aliphatic heterocycles. The molecule has 0 saturated carbocycles. The SMILES string of the molecule is CCNC(=O)[C@@H](CC)N(Cc1ccccc1)C(=O)CCSCc1ccccc1. The van der Waals surface area contributed by atoms with Crippen LogP contribution in [0.5, 0.6) is 0 Å². The molecule has 2 aromatic rings. The Morgan fingerprint density at radius 2 is 1.57 bits per heavy atom. The lowest BCUT2D eigenvalue weighted by atomic mass is 10.1. The van der Waals surface area contributed by atoms with Gasteiger partial charge in [-0.25, -0.2) is 0 Å². The Labute approximate surface area is 172 Å². The lowest BCUT2D eigenvalue weighted by Gasteiger charge is -2.30. The van der Waals surface area contributed by atoms with Crippen LogP contribution in [0.4, 0.5) is 0 Å². The molecule has 0 unspecified atom stereocenters. The Balaban J connectivity index is 1.99. The molecule has 1 atom stereocenters. The molecule has 5 heteroatoms. The summed E-state index contributed by atoms with van der Waals surface area (Å²) in [5, 5.41) is 2.87. The molecule has 0 heterocycles. The Morgan fingerprint density at radius 1 is 0.964 bits per heavy atom. The first-order valence-electron chi connectivity index (χ1n) is 9.88. The van der Waals surface area contributed by atoms with Crippen molar-refractivity contribution >= 4 is 23.6 Å². The lowest BCUT2D eigenvalue weighted by molar-refractivity contribution is -0.141. The summed E-state index contributed by atoms with van der Waals surface area (Å²) in [6.07, 6.45) is 1.03. The number of rotatable bonds is 11. The molecule has 0 spiro atoms. The molecular formula is C23H30N2O2S. The maximum absolute atomic E-state index is 13.0. The second-order valence-electron chi connectivity index (χ2n) is 6.61. The van der Waals surface area contributed by atoms with Gasteiger partial charge >= 0.3 is 0 Å². The van der Waals surface area contributed by atoms with Crippen LogP contribution >= 0.6 is 11.8 Å². The van der Waals surface area contributed by atoms with E-state index >= 15 is 0 Å². The molecule has 0 fully saturated rings. The van der Waals surface area contributed by atoms with Gasteiger partial charge < -0.3 is 10.2 Å². The van der Waals surface area contributed by atoms with E-state index in [0.29, 0.717) is 25.9 Å². The highest BCUT2D eigenvalue weighted by molar-refractivity contribution is 7.98. The smallest absolute Gasteiger partial charge is 0.242 e. The molecule has 2 aromatic carbocycles. The highest BCUT2D eigenvalue weighted by Crippen LogP contribution is 2.17. The minimum atomic E-state index is -0.438. The minimum absolute atomic E-state index is 0.0301. The molecule has 0 saturated heterocycles. The number of carbonyl (C=O) groups is 2. The summed E-state index contributed by atoms with van der Waals surface area (Å²) in [7, 11) is 0. The molecule has 4 nitrogen and oxygen atoms in total. The van der Waals surface area contributed by atoms with Crippen LogP contribution in [0, 0.1) is 0 Å². The van der Waals surface area contributed by atoms with Crippen LogP contribution in [-0.2, 0) is 21.9 Å². The second kappa shape index (κ2) is 12.2. The second-order valence-corrected chi connectivity index (χ2v) is 7.72. The topological polar surface area (TPSA) is 49.4 Å². The highest BCUT2D eigenvalue weighted by atomic mass is 32.2. The van der Waals surface area contributed by atoms with Crippen molar-refractivity contribution in [1.82, 2.24) is 10.2 Å². The van der Waals surface area contributed by atoms with Crippen molar-refractivity contribution in [3.05, 3.63) is 71.8 Å². The fourth-order valence-corrected chi connectivity index (χ4v) is 3.95. The number of nitrogens with zero attached hydrogens (tertiary/aromatic N) is 1. The van der Waals surface area contributed by atoms with Crippen molar-refractivity contribution in [2.24, 2.45) is 0 Å². The van der Waals surface area contributed by atoms with Gasteiger partial charge in [0.25, 0.3) is 0 Å². The summed E-state index contributed by atoms with van der Waals surface area (Å²) in [6.45, 7) is 4.87. The number of likely N-dealkylation sites (N-methyl/N-ethyl adjacent to an activating group) is 1. The maximum atomic E-state index is 13.0. The summed E-state index contributed by atoms with van der Waals surface area (Å²) in [6, 6.07) is 19.7. The third-order valence-electron chi connectivity index (χ3n) is 4.50. The molecule has 2 rings (SSSR count). The molecule has 1 N–H and O–H groups in total. The largest absolute Gasteiger partial charge is 0.355 e. The summed E-state index contributed by atoms with van der Waals surface area (Å²) in [5.41, 5.74) is 2.30. The third-order valence-corrected chi connectivity index (χ3v) is 5.53. The zero-order chi connectivity index (χ0) is 20.2. The molecule has 0 bridgehead atoms. The predicted octanol–water partition coefficient (Wildman–Crippen LogP) is 4.25.